The van der Waals surface area contributed by atoms with Crippen molar-refractivity contribution in [2.45, 2.75) is 31.4 Å². The van der Waals surface area contributed by atoms with Crippen molar-refractivity contribution in [1.29, 1.82) is 0 Å². The first-order chi connectivity index (χ1) is 6.29. The number of thioether (sulfide) groups is 1. The van der Waals surface area contributed by atoms with Crippen LogP contribution in [0.15, 0.2) is 18.2 Å². The second kappa shape index (κ2) is 4.58. The molecule has 0 aromatic heterocycles. The Morgan fingerprint density at radius 1 is 1.38 bits per heavy atom. The molecule has 1 heteroatoms. The molecule has 0 amide bonds. The summed E-state index contributed by atoms with van der Waals surface area (Å²) >= 11 is 1.92. The third kappa shape index (κ3) is 2.00. The molecule has 0 N–H and O–H groups in total. The largest absolute Gasteiger partial charge is 0.153 e. The van der Waals surface area contributed by atoms with Gasteiger partial charge in [0.2, 0.25) is 0 Å². The monoisotopic (exact) mass is 192 g/mol. The van der Waals surface area contributed by atoms with Gasteiger partial charge in [-0.1, -0.05) is 32.0 Å². The van der Waals surface area contributed by atoms with Crippen molar-refractivity contribution in [1.82, 2.24) is 0 Å². The van der Waals surface area contributed by atoms with Crippen molar-refractivity contribution >= 4 is 11.8 Å². The Kier molecular flexibility index (Phi) is 3.69. The van der Waals surface area contributed by atoms with Crippen molar-refractivity contribution in [3.63, 3.8) is 0 Å². The van der Waals surface area contributed by atoms with Crippen LogP contribution in [0.4, 0.5) is 0 Å². The van der Waals surface area contributed by atoms with Gasteiger partial charge in [-0.05, 0) is 31.2 Å². The lowest BCUT2D eigenvalue weighted by molar-refractivity contribution is 0.581. The molecule has 0 atom stereocenters. The van der Waals surface area contributed by atoms with Crippen molar-refractivity contribution in [2.24, 2.45) is 0 Å². The Labute approximate surface area is 85.7 Å². The van der Waals surface area contributed by atoms with Crippen molar-refractivity contribution in [3.05, 3.63) is 35.9 Å². The van der Waals surface area contributed by atoms with Gasteiger partial charge in [-0.2, -0.15) is 11.8 Å². The molecule has 0 aliphatic carbocycles. The van der Waals surface area contributed by atoms with Crippen molar-refractivity contribution in [2.75, 3.05) is 6.26 Å². The van der Waals surface area contributed by atoms with Gasteiger partial charge in [0.15, 0.2) is 0 Å². The van der Waals surface area contributed by atoms with Gasteiger partial charge in [0.1, 0.15) is 0 Å². The molecule has 0 radical (unpaired) electrons. The van der Waals surface area contributed by atoms with Crippen LogP contribution in [0.2, 0.25) is 0 Å². The summed E-state index contributed by atoms with van der Waals surface area (Å²) in [6, 6.07) is 12.3. The molecular weight excluding hydrogens is 176 g/mol. The van der Waals surface area contributed by atoms with Gasteiger partial charge in [0, 0.05) is 10.3 Å². The molecule has 1 aromatic carbocycles. The molecule has 0 spiro atoms. The predicted octanol–water partition coefficient (Wildman–Crippen LogP) is 3.67. The Hall–Kier alpha value is -0.610. The lowest BCUT2D eigenvalue weighted by Gasteiger charge is -2.28. The molecule has 0 unspecified atom stereocenters. The minimum atomic E-state index is 0.248. The highest BCUT2D eigenvalue weighted by Gasteiger charge is 2.26. The first-order valence-electron chi connectivity index (χ1n) is 4.73. The van der Waals surface area contributed by atoms with Crippen molar-refractivity contribution < 1.29 is 0 Å². The topological polar surface area (TPSA) is 0 Å². The van der Waals surface area contributed by atoms with Crippen LogP contribution in [0, 0.1) is 12.1 Å². The first-order valence-corrected chi connectivity index (χ1v) is 5.95. The summed E-state index contributed by atoms with van der Waals surface area (Å²) in [6.07, 6.45) is 4.48. The van der Waals surface area contributed by atoms with Gasteiger partial charge < -0.3 is 0 Å². The normalized spacial score (nSPS) is 11.0. The van der Waals surface area contributed by atoms with Crippen LogP contribution in [0.3, 0.4) is 0 Å². The van der Waals surface area contributed by atoms with Gasteiger partial charge in [-0.25, -0.2) is 0 Å². The zero-order valence-electron chi connectivity index (χ0n) is 8.55. The fraction of sp³-hybridized carbons (Fsp3) is 0.500. The van der Waals surface area contributed by atoms with E-state index < -0.39 is 0 Å². The van der Waals surface area contributed by atoms with E-state index in [9.17, 15) is 0 Å². The molecule has 0 nitrogen and oxygen atoms in total. The Bertz CT molecular complexity index is 228. The summed E-state index contributed by atoms with van der Waals surface area (Å²) < 4.78 is 0.248. The first kappa shape index (κ1) is 10.5. The highest BCUT2D eigenvalue weighted by molar-refractivity contribution is 7.99. The van der Waals surface area contributed by atoms with Crippen LogP contribution in [0.1, 0.15) is 32.3 Å². The average Bonchev–Trinajstić information content (AvgIpc) is 2.23. The molecule has 0 aliphatic rings. The van der Waals surface area contributed by atoms with E-state index in [-0.39, 0.29) is 4.75 Å². The quantitative estimate of drug-likeness (QED) is 0.701. The minimum Gasteiger partial charge on any atom is -0.153 e. The molecule has 13 heavy (non-hydrogen) atoms. The van der Waals surface area contributed by atoms with E-state index in [1.165, 1.54) is 5.56 Å². The predicted molar refractivity (Wildman–Crippen MR) is 59.9 cm³/mol. The van der Waals surface area contributed by atoms with Crippen LogP contribution < -0.4 is 0 Å². The molecule has 0 saturated carbocycles. The minimum absolute atomic E-state index is 0.248. The van der Waals surface area contributed by atoms with Gasteiger partial charge in [0.25, 0.3) is 0 Å². The third-order valence-electron chi connectivity index (χ3n) is 2.67. The second-order valence-corrected chi connectivity index (χ2v) is 4.30. The molecule has 1 aromatic rings. The van der Waals surface area contributed by atoms with E-state index >= 15 is 0 Å². The summed E-state index contributed by atoms with van der Waals surface area (Å²) in [7, 11) is 0. The maximum atomic E-state index is 3.22. The second-order valence-electron chi connectivity index (χ2n) is 3.11. The smallest absolute Gasteiger partial charge is 0.0479 e. The maximum Gasteiger partial charge on any atom is 0.0479 e. The summed E-state index contributed by atoms with van der Waals surface area (Å²) in [6.45, 7) is 4.47. The zero-order chi connectivity index (χ0) is 9.73. The highest BCUT2D eigenvalue weighted by atomic mass is 32.2. The molecule has 70 valence electrons. The number of rotatable bonds is 4. The fourth-order valence-corrected chi connectivity index (χ4v) is 2.57. The van der Waals surface area contributed by atoms with Crippen molar-refractivity contribution in [3.8, 4) is 0 Å². The summed E-state index contributed by atoms with van der Waals surface area (Å²) in [5.74, 6) is 0. The molecule has 0 heterocycles. The van der Waals surface area contributed by atoms with E-state index in [0.717, 1.165) is 12.8 Å². The van der Waals surface area contributed by atoms with E-state index in [1.807, 2.05) is 23.9 Å². The molecule has 1 rings (SSSR count). The molecule has 0 saturated heterocycles. The van der Waals surface area contributed by atoms with E-state index in [4.69, 9.17) is 0 Å². The van der Waals surface area contributed by atoms with Crippen LogP contribution >= 0.6 is 11.8 Å². The van der Waals surface area contributed by atoms with Gasteiger partial charge >= 0.3 is 0 Å². The average molecular weight is 192 g/mol. The SMILES string of the molecule is CCC(CC)(SC)c1c#cccc1. The standard InChI is InChI=1S/C12H16S/c1-4-12(5-2,13-3)11-9-7-6-8-10-11/h6-7,9H,4-5H2,1-3H3. The van der Waals surface area contributed by atoms with Gasteiger partial charge in [-0.15, -0.1) is 0 Å². The lowest BCUT2D eigenvalue weighted by Crippen LogP contribution is -2.18. The van der Waals surface area contributed by atoms with Crippen LogP contribution in [0.5, 0.6) is 0 Å². The van der Waals surface area contributed by atoms with Crippen LogP contribution in [-0.2, 0) is 4.75 Å². The Balaban J connectivity index is 3.01. The molecular formula is C12H16S. The summed E-state index contributed by atoms with van der Waals surface area (Å²) in [4.78, 5) is 0. The number of hydrogen-bond acceptors (Lipinski definition) is 1. The molecule has 0 fully saturated rings. The zero-order valence-corrected chi connectivity index (χ0v) is 9.37. The lowest BCUT2D eigenvalue weighted by atomic mass is 9.94. The maximum absolute atomic E-state index is 3.22. The van der Waals surface area contributed by atoms with E-state index in [1.54, 1.807) is 0 Å². The number of hydrogen-bond donors (Lipinski definition) is 0. The fourth-order valence-electron chi connectivity index (χ4n) is 1.65. The Morgan fingerprint density at radius 2 is 2.08 bits per heavy atom. The summed E-state index contributed by atoms with van der Waals surface area (Å²) in [5.41, 5.74) is 1.28. The molecule has 0 aliphatic heterocycles. The summed E-state index contributed by atoms with van der Waals surface area (Å²) in [5, 5.41) is 0. The Morgan fingerprint density at radius 3 is 2.46 bits per heavy atom. The molecule has 0 bridgehead atoms. The third-order valence-corrected chi connectivity index (χ3v) is 4.25. The van der Waals surface area contributed by atoms with E-state index in [0.29, 0.717) is 0 Å². The highest BCUT2D eigenvalue weighted by Crippen LogP contribution is 2.39. The van der Waals surface area contributed by atoms with Gasteiger partial charge in [0.05, 0.1) is 0 Å². The van der Waals surface area contributed by atoms with Crippen LogP contribution in [-0.4, -0.2) is 6.26 Å². The van der Waals surface area contributed by atoms with E-state index in [2.05, 4.69) is 38.3 Å². The van der Waals surface area contributed by atoms with Gasteiger partial charge in [-0.3, -0.25) is 0 Å². The van der Waals surface area contributed by atoms with Crippen LogP contribution in [0.25, 0.3) is 0 Å².